The number of carbonyl (C=O) groups is 1. The third-order valence-electron chi connectivity index (χ3n) is 3.66. The fraction of sp³-hybridized carbons (Fsp3) is 0.429. The fourth-order valence-corrected chi connectivity index (χ4v) is 3.27. The van der Waals surface area contributed by atoms with E-state index >= 15 is 0 Å². The zero-order chi connectivity index (χ0) is 14.0. The number of amides is 1. The standard InChI is InChI=1S/C14H17N3O2S/c15-14(5-1-2-6-14)13(18)16-8-10-9-20-12(17-10)11-4-3-7-19-11/h3-4,7,9H,1-2,5-6,8,15H2,(H,16,18). The molecule has 1 fully saturated rings. The summed E-state index contributed by atoms with van der Waals surface area (Å²) in [5.41, 5.74) is 6.25. The van der Waals surface area contributed by atoms with Crippen LogP contribution in [0.1, 0.15) is 31.4 Å². The number of hydrogen-bond acceptors (Lipinski definition) is 5. The average Bonchev–Trinajstić information content (AvgIpc) is 3.17. The molecule has 0 spiro atoms. The summed E-state index contributed by atoms with van der Waals surface area (Å²) in [5, 5.41) is 5.64. The van der Waals surface area contributed by atoms with E-state index in [9.17, 15) is 4.79 Å². The van der Waals surface area contributed by atoms with Crippen molar-refractivity contribution in [3.05, 3.63) is 29.5 Å². The largest absolute Gasteiger partial charge is 0.462 e. The molecule has 3 rings (SSSR count). The SMILES string of the molecule is NC1(C(=O)NCc2csc(-c3ccco3)n2)CCCC1. The Bertz CT molecular complexity index is 585. The molecule has 0 aromatic carbocycles. The molecule has 1 aliphatic carbocycles. The highest BCUT2D eigenvalue weighted by atomic mass is 32.1. The Morgan fingerprint density at radius 2 is 2.30 bits per heavy atom. The molecule has 0 radical (unpaired) electrons. The summed E-state index contributed by atoms with van der Waals surface area (Å²) in [7, 11) is 0. The van der Waals surface area contributed by atoms with E-state index in [1.165, 1.54) is 11.3 Å². The van der Waals surface area contributed by atoms with Crippen molar-refractivity contribution in [1.82, 2.24) is 10.3 Å². The molecule has 1 saturated carbocycles. The fourth-order valence-electron chi connectivity index (χ4n) is 2.48. The van der Waals surface area contributed by atoms with Gasteiger partial charge in [-0.3, -0.25) is 4.79 Å². The summed E-state index contributed by atoms with van der Waals surface area (Å²) in [5.74, 6) is 0.682. The quantitative estimate of drug-likeness (QED) is 0.905. The highest BCUT2D eigenvalue weighted by Gasteiger charge is 2.36. The lowest BCUT2D eigenvalue weighted by Gasteiger charge is -2.21. The molecular formula is C14H17N3O2S. The van der Waals surface area contributed by atoms with Gasteiger partial charge in [-0.1, -0.05) is 12.8 Å². The maximum absolute atomic E-state index is 12.1. The van der Waals surface area contributed by atoms with Crippen LogP contribution >= 0.6 is 11.3 Å². The van der Waals surface area contributed by atoms with E-state index in [4.69, 9.17) is 10.2 Å². The van der Waals surface area contributed by atoms with Crippen LogP contribution in [0.2, 0.25) is 0 Å². The van der Waals surface area contributed by atoms with Gasteiger partial charge in [-0.15, -0.1) is 11.3 Å². The highest BCUT2D eigenvalue weighted by molar-refractivity contribution is 7.13. The van der Waals surface area contributed by atoms with Crippen LogP contribution in [0.25, 0.3) is 10.8 Å². The number of nitrogens with one attached hydrogen (secondary N) is 1. The van der Waals surface area contributed by atoms with E-state index < -0.39 is 5.54 Å². The molecule has 5 nitrogen and oxygen atoms in total. The maximum atomic E-state index is 12.1. The van der Waals surface area contributed by atoms with E-state index in [0.717, 1.165) is 42.1 Å². The molecule has 0 unspecified atom stereocenters. The normalized spacial score (nSPS) is 17.2. The summed E-state index contributed by atoms with van der Waals surface area (Å²) in [4.78, 5) is 16.5. The van der Waals surface area contributed by atoms with Crippen molar-refractivity contribution in [1.29, 1.82) is 0 Å². The number of furan rings is 1. The van der Waals surface area contributed by atoms with Crippen LogP contribution in [0.3, 0.4) is 0 Å². The molecule has 0 atom stereocenters. The second kappa shape index (κ2) is 5.38. The highest BCUT2D eigenvalue weighted by Crippen LogP contribution is 2.27. The van der Waals surface area contributed by atoms with Crippen molar-refractivity contribution in [2.24, 2.45) is 5.73 Å². The first kappa shape index (κ1) is 13.3. The first-order valence-corrected chi connectivity index (χ1v) is 7.61. The molecule has 0 saturated heterocycles. The molecule has 20 heavy (non-hydrogen) atoms. The van der Waals surface area contributed by atoms with Gasteiger partial charge in [0.25, 0.3) is 0 Å². The Labute approximate surface area is 121 Å². The summed E-state index contributed by atoms with van der Waals surface area (Å²) < 4.78 is 5.30. The van der Waals surface area contributed by atoms with Crippen LogP contribution in [0, 0.1) is 0 Å². The predicted octanol–water partition coefficient (Wildman–Crippen LogP) is 2.29. The molecule has 2 aromatic rings. The van der Waals surface area contributed by atoms with E-state index in [2.05, 4.69) is 10.3 Å². The number of rotatable bonds is 4. The van der Waals surface area contributed by atoms with E-state index in [-0.39, 0.29) is 5.91 Å². The molecule has 1 amide bonds. The van der Waals surface area contributed by atoms with E-state index in [1.54, 1.807) is 6.26 Å². The topological polar surface area (TPSA) is 81.2 Å². The van der Waals surface area contributed by atoms with Gasteiger partial charge in [-0.2, -0.15) is 0 Å². The first-order chi connectivity index (χ1) is 9.67. The number of hydrogen-bond donors (Lipinski definition) is 2. The number of thiazole rings is 1. The molecule has 0 aliphatic heterocycles. The minimum absolute atomic E-state index is 0.0671. The van der Waals surface area contributed by atoms with Gasteiger partial charge in [0.2, 0.25) is 5.91 Å². The third-order valence-corrected chi connectivity index (χ3v) is 4.57. The smallest absolute Gasteiger partial charge is 0.240 e. The van der Waals surface area contributed by atoms with Crippen LogP contribution in [0.15, 0.2) is 28.2 Å². The van der Waals surface area contributed by atoms with Gasteiger partial charge < -0.3 is 15.5 Å². The van der Waals surface area contributed by atoms with Gasteiger partial charge in [-0.05, 0) is 25.0 Å². The van der Waals surface area contributed by atoms with Crippen molar-refractivity contribution in [3.63, 3.8) is 0 Å². The Kier molecular flexibility index (Phi) is 3.58. The van der Waals surface area contributed by atoms with Gasteiger partial charge in [0.05, 0.1) is 24.0 Å². The Hall–Kier alpha value is -1.66. The zero-order valence-corrected chi connectivity index (χ0v) is 11.9. The summed E-state index contributed by atoms with van der Waals surface area (Å²) in [6, 6.07) is 3.70. The van der Waals surface area contributed by atoms with Crippen molar-refractivity contribution >= 4 is 17.2 Å². The Balaban J connectivity index is 1.60. The minimum atomic E-state index is -0.681. The lowest BCUT2D eigenvalue weighted by Crippen LogP contribution is -2.51. The van der Waals surface area contributed by atoms with Crippen LogP contribution < -0.4 is 11.1 Å². The van der Waals surface area contributed by atoms with Crippen LogP contribution in [0.4, 0.5) is 0 Å². The zero-order valence-electron chi connectivity index (χ0n) is 11.1. The van der Waals surface area contributed by atoms with Gasteiger partial charge >= 0.3 is 0 Å². The van der Waals surface area contributed by atoms with Gasteiger partial charge in [0, 0.05) is 5.38 Å². The lowest BCUT2D eigenvalue weighted by molar-refractivity contribution is -0.126. The Morgan fingerprint density at radius 3 is 3.00 bits per heavy atom. The first-order valence-electron chi connectivity index (χ1n) is 6.73. The lowest BCUT2D eigenvalue weighted by atomic mass is 9.98. The van der Waals surface area contributed by atoms with E-state index in [0.29, 0.717) is 6.54 Å². The van der Waals surface area contributed by atoms with Crippen molar-refractivity contribution in [2.75, 3.05) is 0 Å². The second-order valence-corrected chi connectivity index (χ2v) is 6.03. The van der Waals surface area contributed by atoms with Crippen LogP contribution in [-0.2, 0) is 11.3 Å². The van der Waals surface area contributed by atoms with Crippen LogP contribution in [-0.4, -0.2) is 16.4 Å². The number of carbonyl (C=O) groups excluding carboxylic acids is 1. The molecule has 2 heterocycles. The molecule has 6 heteroatoms. The number of nitrogens with two attached hydrogens (primary N) is 1. The number of nitrogens with zero attached hydrogens (tertiary/aromatic N) is 1. The Morgan fingerprint density at radius 1 is 1.50 bits per heavy atom. The number of aromatic nitrogens is 1. The average molecular weight is 291 g/mol. The van der Waals surface area contributed by atoms with Crippen LogP contribution in [0.5, 0.6) is 0 Å². The van der Waals surface area contributed by atoms with Crippen molar-refractivity contribution < 1.29 is 9.21 Å². The minimum Gasteiger partial charge on any atom is -0.462 e. The van der Waals surface area contributed by atoms with Gasteiger partial charge in [0.15, 0.2) is 10.8 Å². The van der Waals surface area contributed by atoms with Crippen molar-refractivity contribution in [2.45, 2.75) is 37.8 Å². The molecule has 2 aromatic heterocycles. The second-order valence-electron chi connectivity index (χ2n) is 5.17. The maximum Gasteiger partial charge on any atom is 0.240 e. The summed E-state index contributed by atoms with van der Waals surface area (Å²) in [6.07, 6.45) is 5.23. The molecule has 1 aliphatic rings. The van der Waals surface area contributed by atoms with Gasteiger partial charge in [0.1, 0.15) is 0 Å². The van der Waals surface area contributed by atoms with Crippen molar-refractivity contribution in [3.8, 4) is 10.8 Å². The summed E-state index contributed by atoms with van der Waals surface area (Å²) >= 11 is 1.50. The molecule has 0 bridgehead atoms. The molecule has 106 valence electrons. The predicted molar refractivity (Wildman–Crippen MR) is 77.0 cm³/mol. The monoisotopic (exact) mass is 291 g/mol. The van der Waals surface area contributed by atoms with Gasteiger partial charge in [-0.25, -0.2) is 4.98 Å². The molecule has 3 N–H and O–H groups in total. The molecular weight excluding hydrogens is 274 g/mol. The van der Waals surface area contributed by atoms with E-state index in [1.807, 2.05) is 17.5 Å². The third kappa shape index (κ3) is 2.62. The summed E-state index contributed by atoms with van der Waals surface area (Å²) in [6.45, 7) is 0.412.